The SMILES string of the molecule is CCCCOc1cc(C=O)cc(-c2ccc(C(=O)OC)cc2)c1. The Hall–Kier alpha value is -2.62. The molecule has 0 fully saturated rings. The largest absolute Gasteiger partial charge is 0.494 e. The van der Waals surface area contributed by atoms with Gasteiger partial charge in [0, 0.05) is 5.56 Å². The topological polar surface area (TPSA) is 52.6 Å². The Bertz CT molecular complexity index is 674. The van der Waals surface area contributed by atoms with E-state index in [1.807, 2.05) is 18.2 Å². The zero-order chi connectivity index (χ0) is 16.7. The van der Waals surface area contributed by atoms with Crippen LogP contribution in [0.2, 0.25) is 0 Å². The van der Waals surface area contributed by atoms with Crippen molar-refractivity contribution in [3.63, 3.8) is 0 Å². The van der Waals surface area contributed by atoms with E-state index in [1.165, 1.54) is 7.11 Å². The van der Waals surface area contributed by atoms with Crippen LogP contribution in [-0.4, -0.2) is 26.0 Å². The van der Waals surface area contributed by atoms with Crippen molar-refractivity contribution in [1.29, 1.82) is 0 Å². The summed E-state index contributed by atoms with van der Waals surface area (Å²) in [5.41, 5.74) is 2.83. The smallest absolute Gasteiger partial charge is 0.337 e. The van der Waals surface area contributed by atoms with Gasteiger partial charge in [-0.05, 0) is 47.9 Å². The Morgan fingerprint density at radius 3 is 2.43 bits per heavy atom. The summed E-state index contributed by atoms with van der Waals surface area (Å²) in [5.74, 6) is 0.303. The first kappa shape index (κ1) is 16.7. The molecule has 0 amide bonds. The fourth-order valence-electron chi connectivity index (χ4n) is 2.19. The van der Waals surface area contributed by atoms with E-state index in [0.29, 0.717) is 23.5 Å². The lowest BCUT2D eigenvalue weighted by molar-refractivity contribution is 0.0600. The molecule has 2 rings (SSSR count). The van der Waals surface area contributed by atoms with Gasteiger partial charge in [0.05, 0.1) is 19.3 Å². The monoisotopic (exact) mass is 312 g/mol. The predicted molar refractivity (Wildman–Crippen MR) is 89.0 cm³/mol. The van der Waals surface area contributed by atoms with Gasteiger partial charge in [0.2, 0.25) is 0 Å². The molecule has 0 radical (unpaired) electrons. The Balaban J connectivity index is 2.28. The maximum Gasteiger partial charge on any atom is 0.337 e. The van der Waals surface area contributed by atoms with Crippen LogP contribution >= 0.6 is 0 Å². The molecular weight excluding hydrogens is 292 g/mol. The summed E-state index contributed by atoms with van der Waals surface area (Å²) in [6, 6.07) is 12.5. The lowest BCUT2D eigenvalue weighted by Gasteiger charge is -2.10. The van der Waals surface area contributed by atoms with Crippen LogP contribution in [0.1, 0.15) is 40.5 Å². The van der Waals surface area contributed by atoms with Crippen LogP contribution in [0.5, 0.6) is 5.75 Å². The summed E-state index contributed by atoms with van der Waals surface area (Å²) in [5, 5.41) is 0. The minimum Gasteiger partial charge on any atom is -0.494 e. The summed E-state index contributed by atoms with van der Waals surface area (Å²) in [4.78, 5) is 22.6. The number of aldehydes is 1. The van der Waals surface area contributed by atoms with Crippen molar-refractivity contribution < 1.29 is 19.1 Å². The molecule has 2 aromatic rings. The number of ether oxygens (including phenoxy) is 2. The zero-order valence-corrected chi connectivity index (χ0v) is 13.4. The number of carbonyl (C=O) groups excluding carboxylic acids is 2. The van der Waals surface area contributed by atoms with Crippen LogP contribution in [0.4, 0.5) is 0 Å². The van der Waals surface area contributed by atoms with E-state index >= 15 is 0 Å². The predicted octanol–water partition coefficient (Wildman–Crippen LogP) is 4.13. The molecule has 4 heteroatoms. The van der Waals surface area contributed by atoms with Crippen molar-refractivity contribution in [3.05, 3.63) is 53.6 Å². The second-order valence-corrected chi connectivity index (χ2v) is 5.18. The Morgan fingerprint density at radius 2 is 1.83 bits per heavy atom. The van der Waals surface area contributed by atoms with Crippen LogP contribution in [0, 0.1) is 0 Å². The lowest BCUT2D eigenvalue weighted by atomic mass is 10.0. The molecule has 0 aliphatic carbocycles. The van der Waals surface area contributed by atoms with Crippen molar-refractivity contribution in [2.75, 3.05) is 13.7 Å². The highest BCUT2D eigenvalue weighted by Crippen LogP contribution is 2.26. The highest BCUT2D eigenvalue weighted by atomic mass is 16.5. The van der Waals surface area contributed by atoms with Gasteiger partial charge >= 0.3 is 5.97 Å². The molecule has 0 saturated heterocycles. The van der Waals surface area contributed by atoms with Gasteiger partial charge in [-0.2, -0.15) is 0 Å². The third-order valence-corrected chi connectivity index (χ3v) is 3.47. The zero-order valence-electron chi connectivity index (χ0n) is 13.4. The van der Waals surface area contributed by atoms with E-state index < -0.39 is 0 Å². The van der Waals surface area contributed by atoms with Crippen LogP contribution in [0.3, 0.4) is 0 Å². The molecule has 2 aromatic carbocycles. The first-order valence-electron chi connectivity index (χ1n) is 7.59. The van der Waals surface area contributed by atoms with E-state index in [9.17, 15) is 9.59 Å². The quantitative estimate of drug-likeness (QED) is 0.438. The van der Waals surface area contributed by atoms with Gasteiger partial charge in [-0.25, -0.2) is 4.79 Å². The summed E-state index contributed by atoms with van der Waals surface area (Å²) >= 11 is 0. The van der Waals surface area contributed by atoms with E-state index in [0.717, 1.165) is 30.3 Å². The van der Waals surface area contributed by atoms with Gasteiger partial charge in [-0.15, -0.1) is 0 Å². The average molecular weight is 312 g/mol. The van der Waals surface area contributed by atoms with E-state index in [1.54, 1.807) is 24.3 Å². The molecule has 0 bridgehead atoms. The molecule has 0 N–H and O–H groups in total. The van der Waals surface area contributed by atoms with E-state index in [4.69, 9.17) is 4.74 Å². The Morgan fingerprint density at radius 1 is 1.09 bits per heavy atom. The number of unbranched alkanes of at least 4 members (excludes halogenated alkanes) is 1. The number of methoxy groups -OCH3 is 1. The molecule has 0 unspecified atom stereocenters. The molecule has 0 aromatic heterocycles. The first-order chi connectivity index (χ1) is 11.2. The minimum absolute atomic E-state index is 0.373. The molecule has 4 nitrogen and oxygen atoms in total. The molecular formula is C19H20O4. The Labute approximate surface area is 136 Å². The average Bonchev–Trinajstić information content (AvgIpc) is 2.61. The molecule has 0 atom stereocenters. The van der Waals surface area contributed by atoms with E-state index in [-0.39, 0.29) is 5.97 Å². The Kier molecular flexibility index (Phi) is 5.92. The van der Waals surface area contributed by atoms with Gasteiger partial charge in [0.1, 0.15) is 12.0 Å². The molecule has 0 aliphatic heterocycles. The number of esters is 1. The highest BCUT2D eigenvalue weighted by Gasteiger charge is 2.07. The molecule has 0 spiro atoms. The lowest BCUT2D eigenvalue weighted by Crippen LogP contribution is -2.00. The normalized spacial score (nSPS) is 10.2. The maximum absolute atomic E-state index is 11.5. The highest BCUT2D eigenvalue weighted by molar-refractivity contribution is 5.90. The second-order valence-electron chi connectivity index (χ2n) is 5.18. The number of rotatable bonds is 7. The summed E-state index contributed by atoms with van der Waals surface area (Å²) < 4.78 is 10.4. The molecule has 23 heavy (non-hydrogen) atoms. The number of carbonyl (C=O) groups is 2. The minimum atomic E-state index is -0.373. The fraction of sp³-hybridized carbons (Fsp3) is 0.263. The van der Waals surface area contributed by atoms with Gasteiger partial charge < -0.3 is 9.47 Å². The van der Waals surface area contributed by atoms with Gasteiger partial charge in [-0.3, -0.25) is 4.79 Å². The van der Waals surface area contributed by atoms with Gasteiger partial charge in [0.25, 0.3) is 0 Å². The van der Waals surface area contributed by atoms with Crippen molar-refractivity contribution in [2.24, 2.45) is 0 Å². The number of hydrogen-bond acceptors (Lipinski definition) is 4. The summed E-state index contributed by atoms with van der Waals surface area (Å²) in [7, 11) is 1.35. The third-order valence-electron chi connectivity index (χ3n) is 3.47. The second kappa shape index (κ2) is 8.13. The first-order valence-corrected chi connectivity index (χ1v) is 7.59. The summed E-state index contributed by atoms with van der Waals surface area (Å²) in [6.45, 7) is 2.72. The van der Waals surface area contributed by atoms with Crippen LogP contribution in [-0.2, 0) is 4.74 Å². The number of benzene rings is 2. The molecule has 0 saturated carbocycles. The van der Waals surface area contributed by atoms with Crippen molar-refractivity contribution in [1.82, 2.24) is 0 Å². The van der Waals surface area contributed by atoms with Crippen molar-refractivity contribution in [2.45, 2.75) is 19.8 Å². The molecule has 120 valence electrons. The van der Waals surface area contributed by atoms with Crippen LogP contribution < -0.4 is 4.74 Å². The van der Waals surface area contributed by atoms with Crippen LogP contribution in [0.15, 0.2) is 42.5 Å². The van der Waals surface area contributed by atoms with E-state index in [2.05, 4.69) is 11.7 Å². The van der Waals surface area contributed by atoms with Crippen molar-refractivity contribution in [3.8, 4) is 16.9 Å². The molecule has 0 heterocycles. The number of hydrogen-bond donors (Lipinski definition) is 0. The van der Waals surface area contributed by atoms with Gasteiger partial charge in [0.15, 0.2) is 0 Å². The standard InChI is InChI=1S/C19H20O4/c1-3-4-9-23-18-11-14(13-20)10-17(12-18)15-5-7-16(8-6-15)19(21)22-2/h5-8,10-13H,3-4,9H2,1-2H3. The van der Waals surface area contributed by atoms with Crippen LogP contribution in [0.25, 0.3) is 11.1 Å². The maximum atomic E-state index is 11.5. The molecule has 0 aliphatic rings. The van der Waals surface area contributed by atoms with Gasteiger partial charge in [-0.1, -0.05) is 25.5 Å². The van der Waals surface area contributed by atoms with Crippen molar-refractivity contribution >= 4 is 12.3 Å². The fourth-order valence-corrected chi connectivity index (χ4v) is 2.19. The third kappa shape index (κ3) is 4.42. The summed E-state index contributed by atoms with van der Waals surface area (Å²) in [6.07, 6.45) is 2.82.